The Kier molecular flexibility index (Phi) is 6.24. The molecule has 0 amide bonds. The fraction of sp³-hybridized carbons (Fsp3) is 0.211. The van der Waals surface area contributed by atoms with E-state index in [-0.39, 0.29) is 16.3 Å². The quantitative estimate of drug-likeness (QED) is 0.547. The van der Waals surface area contributed by atoms with E-state index in [1.807, 2.05) is 0 Å². The average molecular weight is 488 g/mol. The molecule has 0 radical (unpaired) electrons. The van der Waals surface area contributed by atoms with E-state index >= 15 is 0 Å². The van der Waals surface area contributed by atoms with E-state index in [0.29, 0.717) is 23.9 Å². The molecular formula is C19H11ClF5N5O3. The van der Waals surface area contributed by atoms with Crippen LogP contribution < -0.4 is 15.9 Å². The molecule has 0 fully saturated rings. The van der Waals surface area contributed by atoms with Crippen LogP contribution in [0.1, 0.15) is 29.4 Å². The maximum Gasteiger partial charge on any atom is 0.435 e. The van der Waals surface area contributed by atoms with Gasteiger partial charge in [-0.1, -0.05) is 11.6 Å². The number of hydrogen-bond acceptors (Lipinski definition) is 6. The number of rotatable bonds is 5. The number of alkyl halides is 5. The average Bonchev–Trinajstić information content (AvgIpc) is 2.70. The Hall–Kier alpha value is -3.79. The summed E-state index contributed by atoms with van der Waals surface area (Å²) in [5, 5.41) is 13.6. The number of halogens is 6. The first-order chi connectivity index (χ1) is 15.3. The number of nitriles is 1. The maximum atomic E-state index is 14.1. The summed E-state index contributed by atoms with van der Waals surface area (Å²) < 4.78 is 72.7. The van der Waals surface area contributed by atoms with Gasteiger partial charge in [0.05, 0.1) is 24.5 Å². The molecule has 0 bridgehead atoms. The van der Waals surface area contributed by atoms with Gasteiger partial charge in [-0.2, -0.15) is 32.3 Å². The Morgan fingerprint density at radius 1 is 1.18 bits per heavy atom. The molecule has 0 saturated carbocycles. The van der Waals surface area contributed by atoms with Crippen LogP contribution in [0.25, 0.3) is 0 Å². The smallest absolute Gasteiger partial charge is 0.435 e. The first kappa shape index (κ1) is 23.9. The molecule has 8 nitrogen and oxygen atoms in total. The lowest BCUT2D eigenvalue weighted by Crippen LogP contribution is -2.29. The molecule has 0 unspecified atom stereocenters. The molecule has 14 heteroatoms. The van der Waals surface area contributed by atoms with Crippen LogP contribution in [0.15, 0.2) is 40.2 Å². The summed E-state index contributed by atoms with van der Waals surface area (Å²) in [6.45, 7) is -0.300. The van der Waals surface area contributed by atoms with Crippen molar-refractivity contribution >= 4 is 11.6 Å². The summed E-state index contributed by atoms with van der Waals surface area (Å²) in [5.41, 5.74) is -5.26. The molecule has 0 aliphatic heterocycles. The number of ether oxygens (including phenoxy) is 1. The molecule has 172 valence electrons. The normalized spacial score (nSPS) is 11.8. The van der Waals surface area contributed by atoms with Crippen molar-refractivity contribution in [1.29, 1.82) is 5.26 Å². The summed E-state index contributed by atoms with van der Waals surface area (Å²) in [7, 11) is 0. The van der Waals surface area contributed by atoms with Gasteiger partial charge >= 0.3 is 6.18 Å². The number of nitrogens with zero attached hydrogens (tertiary/aromatic N) is 4. The van der Waals surface area contributed by atoms with Crippen molar-refractivity contribution in [3.8, 4) is 17.6 Å². The van der Waals surface area contributed by atoms with Crippen molar-refractivity contribution in [2.24, 2.45) is 0 Å². The zero-order valence-electron chi connectivity index (χ0n) is 16.4. The second kappa shape index (κ2) is 8.62. The van der Waals surface area contributed by atoms with Crippen molar-refractivity contribution < 1.29 is 26.7 Å². The molecule has 0 spiro atoms. The minimum Gasteiger partial charge on any atom is -0.449 e. The SMILES string of the molecule is CC(F)(F)c1ncn(Cc2cc(C(F)(F)F)n[nH]c2=O)c(=O)c1Oc1cc(Cl)cc(C#N)c1. The number of nitrogens with one attached hydrogen (secondary N) is 1. The Balaban J connectivity index is 2.12. The zero-order valence-corrected chi connectivity index (χ0v) is 17.1. The molecule has 1 N–H and O–H groups in total. The van der Waals surface area contributed by atoms with Crippen LogP contribution in [-0.2, 0) is 18.6 Å². The Morgan fingerprint density at radius 3 is 2.48 bits per heavy atom. The number of hydrogen-bond donors (Lipinski definition) is 1. The van der Waals surface area contributed by atoms with E-state index < -0.39 is 52.5 Å². The lowest BCUT2D eigenvalue weighted by molar-refractivity contribution is -0.141. The molecule has 33 heavy (non-hydrogen) atoms. The second-order valence-corrected chi connectivity index (χ2v) is 7.17. The van der Waals surface area contributed by atoms with Gasteiger partial charge in [-0.05, 0) is 24.3 Å². The largest absolute Gasteiger partial charge is 0.449 e. The van der Waals surface area contributed by atoms with Gasteiger partial charge < -0.3 is 4.74 Å². The topological polar surface area (TPSA) is 114 Å². The van der Waals surface area contributed by atoms with Crippen molar-refractivity contribution in [2.45, 2.75) is 25.6 Å². The summed E-state index contributed by atoms with van der Waals surface area (Å²) >= 11 is 5.86. The number of aromatic nitrogens is 4. The van der Waals surface area contributed by atoms with E-state index in [0.717, 1.165) is 12.1 Å². The molecular weight excluding hydrogens is 477 g/mol. The van der Waals surface area contributed by atoms with Gasteiger partial charge in [0.2, 0.25) is 5.75 Å². The highest BCUT2D eigenvalue weighted by atomic mass is 35.5. The Morgan fingerprint density at radius 2 is 1.88 bits per heavy atom. The zero-order chi connectivity index (χ0) is 24.6. The van der Waals surface area contributed by atoms with Crippen molar-refractivity contribution in [3.63, 3.8) is 0 Å². The molecule has 2 aromatic heterocycles. The van der Waals surface area contributed by atoms with Crippen LogP contribution in [0.4, 0.5) is 22.0 Å². The standard InChI is InChI=1S/C19H11ClF5N5O3/c1-18(21,22)15-14(33-12-3-9(6-26)2-11(20)5-12)17(32)30(8-27-15)7-10-4-13(19(23,24)25)28-29-16(10)31/h2-5,8H,7H2,1H3,(H,29,31). The minimum absolute atomic E-state index is 0.00882. The maximum absolute atomic E-state index is 14.1. The predicted octanol–water partition coefficient (Wildman–Crippen LogP) is 3.82. The third-order valence-corrected chi connectivity index (χ3v) is 4.36. The number of aromatic amines is 1. The molecule has 3 rings (SSSR count). The van der Waals surface area contributed by atoms with Crippen LogP contribution in [0.3, 0.4) is 0 Å². The molecule has 0 aliphatic carbocycles. The molecule has 3 aromatic rings. The van der Waals surface area contributed by atoms with E-state index in [2.05, 4.69) is 10.1 Å². The van der Waals surface area contributed by atoms with E-state index in [1.54, 1.807) is 11.2 Å². The first-order valence-corrected chi connectivity index (χ1v) is 9.19. The van der Waals surface area contributed by atoms with E-state index in [9.17, 15) is 31.5 Å². The van der Waals surface area contributed by atoms with Crippen LogP contribution in [0.5, 0.6) is 11.5 Å². The third-order valence-electron chi connectivity index (χ3n) is 4.14. The fourth-order valence-electron chi connectivity index (χ4n) is 2.68. The highest BCUT2D eigenvalue weighted by molar-refractivity contribution is 6.30. The molecule has 0 saturated heterocycles. The second-order valence-electron chi connectivity index (χ2n) is 6.74. The summed E-state index contributed by atoms with van der Waals surface area (Å²) in [4.78, 5) is 28.3. The number of H-pyrrole nitrogens is 1. The number of benzene rings is 1. The first-order valence-electron chi connectivity index (χ1n) is 8.81. The Labute approximate surface area is 185 Å². The van der Waals surface area contributed by atoms with Crippen LogP contribution in [0, 0.1) is 11.3 Å². The molecule has 2 heterocycles. The molecule has 1 aromatic carbocycles. The van der Waals surface area contributed by atoms with E-state index in [1.165, 1.54) is 6.07 Å². The Bertz CT molecular complexity index is 1370. The molecule has 0 aliphatic rings. The summed E-state index contributed by atoms with van der Waals surface area (Å²) in [6, 6.07) is 5.74. The van der Waals surface area contributed by atoms with Gasteiger partial charge in [0, 0.05) is 17.5 Å². The highest BCUT2D eigenvalue weighted by Crippen LogP contribution is 2.34. The summed E-state index contributed by atoms with van der Waals surface area (Å²) in [5.74, 6) is -4.85. The van der Waals surface area contributed by atoms with Crippen molar-refractivity contribution in [3.05, 3.63) is 78.8 Å². The van der Waals surface area contributed by atoms with Crippen LogP contribution in [-0.4, -0.2) is 19.7 Å². The molecule has 0 atom stereocenters. The summed E-state index contributed by atoms with van der Waals surface area (Å²) in [6.07, 6.45) is -4.23. The van der Waals surface area contributed by atoms with Crippen molar-refractivity contribution in [2.75, 3.05) is 0 Å². The monoisotopic (exact) mass is 487 g/mol. The van der Waals surface area contributed by atoms with Gasteiger partial charge in [-0.3, -0.25) is 14.2 Å². The highest BCUT2D eigenvalue weighted by Gasteiger charge is 2.35. The van der Waals surface area contributed by atoms with Gasteiger partial charge in [0.15, 0.2) is 11.4 Å². The third kappa shape index (κ3) is 5.35. The van der Waals surface area contributed by atoms with E-state index in [4.69, 9.17) is 21.6 Å². The van der Waals surface area contributed by atoms with Gasteiger partial charge in [0.1, 0.15) is 5.75 Å². The predicted molar refractivity (Wildman–Crippen MR) is 103 cm³/mol. The van der Waals surface area contributed by atoms with Crippen molar-refractivity contribution in [1.82, 2.24) is 19.7 Å². The lowest BCUT2D eigenvalue weighted by atomic mass is 10.2. The van der Waals surface area contributed by atoms with Gasteiger partial charge in [-0.15, -0.1) is 0 Å². The van der Waals surface area contributed by atoms with Gasteiger partial charge in [-0.25, -0.2) is 10.1 Å². The van der Waals surface area contributed by atoms with Crippen LogP contribution >= 0.6 is 11.6 Å². The van der Waals surface area contributed by atoms with Crippen LogP contribution in [0.2, 0.25) is 5.02 Å². The van der Waals surface area contributed by atoms with Gasteiger partial charge in [0.25, 0.3) is 17.0 Å². The minimum atomic E-state index is -4.88. The lowest BCUT2D eigenvalue weighted by Gasteiger charge is -2.17. The fourth-order valence-corrected chi connectivity index (χ4v) is 2.91.